The summed E-state index contributed by atoms with van der Waals surface area (Å²) in [6.45, 7) is 0.635. The van der Waals surface area contributed by atoms with Crippen LogP contribution in [-0.2, 0) is 4.79 Å². The van der Waals surface area contributed by atoms with Crippen LogP contribution in [0.1, 0.15) is 18.0 Å². The molecule has 1 aliphatic heterocycles. The van der Waals surface area contributed by atoms with Gasteiger partial charge < -0.3 is 5.11 Å². The van der Waals surface area contributed by atoms with E-state index in [2.05, 4.69) is 33.0 Å². The molecule has 1 aromatic carbocycles. The number of carboxylic acid groups (broad SMARTS) is 1. The van der Waals surface area contributed by atoms with Crippen molar-refractivity contribution in [1.82, 2.24) is 4.90 Å². The number of halogens is 1. The van der Waals surface area contributed by atoms with E-state index in [9.17, 15) is 4.79 Å². The normalized spacial score (nSPS) is 25.9. The average Bonchev–Trinajstić information content (AvgIpc) is 2.62. The van der Waals surface area contributed by atoms with Crippen molar-refractivity contribution in [1.29, 1.82) is 0 Å². The maximum atomic E-state index is 10.9. The Labute approximate surface area is 103 Å². The number of benzene rings is 1. The lowest BCUT2D eigenvalue weighted by atomic mass is 10.0. The maximum Gasteiger partial charge on any atom is 0.307 e. The quantitative estimate of drug-likeness (QED) is 0.907. The van der Waals surface area contributed by atoms with Crippen molar-refractivity contribution in [2.24, 2.45) is 5.92 Å². The van der Waals surface area contributed by atoms with E-state index in [1.165, 1.54) is 5.56 Å². The second-order valence-electron chi connectivity index (χ2n) is 4.28. The van der Waals surface area contributed by atoms with Crippen molar-refractivity contribution in [3.05, 3.63) is 34.3 Å². The van der Waals surface area contributed by atoms with Crippen LogP contribution < -0.4 is 0 Å². The Hall–Kier alpha value is -0.870. The molecule has 1 aliphatic rings. The summed E-state index contributed by atoms with van der Waals surface area (Å²) < 4.78 is 1.05. The lowest BCUT2D eigenvalue weighted by molar-refractivity contribution is -0.141. The van der Waals surface area contributed by atoms with Gasteiger partial charge in [-0.1, -0.05) is 28.1 Å². The summed E-state index contributed by atoms with van der Waals surface area (Å²) in [6, 6.07) is 8.33. The minimum atomic E-state index is -0.688. The molecule has 4 heteroatoms. The summed E-state index contributed by atoms with van der Waals surface area (Å²) >= 11 is 3.40. The highest BCUT2D eigenvalue weighted by Gasteiger charge is 2.34. The molecule has 86 valence electrons. The van der Waals surface area contributed by atoms with Crippen molar-refractivity contribution in [3.8, 4) is 0 Å². The Kier molecular flexibility index (Phi) is 3.30. The van der Waals surface area contributed by atoms with E-state index in [1.54, 1.807) is 0 Å². The number of likely N-dealkylation sites (tertiary alicyclic amines) is 1. The first kappa shape index (κ1) is 11.6. The van der Waals surface area contributed by atoms with E-state index in [1.807, 2.05) is 19.2 Å². The first-order valence-electron chi connectivity index (χ1n) is 5.26. The van der Waals surface area contributed by atoms with E-state index in [0.29, 0.717) is 13.0 Å². The van der Waals surface area contributed by atoms with Gasteiger partial charge in [0.1, 0.15) is 0 Å². The van der Waals surface area contributed by atoms with Crippen LogP contribution >= 0.6 is 15.9 Å². The molecule has 2 atom stereocenters. The molecule has 1 N–H and O–H groups in total. The third-order valence-electron chi connectivity index (χ3n) is 3.15. The topological polar surface area (TPSA) is 40.5 Å². The SMILES string of the molecule is CN1C[C@@H](C(=O)O)C[C@H]1c1ccc(Br)cc1. The molecule has 1 fully saturated rings. The predicted molar refractivity (Wildman–Crippen MR) is 65.3 cm³/mol. The summed E-state index contributed by atoms with van der Waals surface area (Å²) in [7, 11) is 1.98. The van der Waals surface area contributed by atoms with Gasteiger partial charge in [0.15, 0.2) is 0 Å². The number of nitrogens with zero attached hydrogens (tertiary/aromatic N) is 1. The van der Waals surface area contributed by atoms with Gasteiger partial charge in [0.2, 0.25) is 0 Å². The summed E-state index contributed by atoms with van der Waals surface area (Å²) in [6.07, 6.45) is 0.702. The van der Waals surface area contributed by atoms with Crippen LogP contribution in [0.4, 0.5) is 0 Å². The van der Waals surface area contributed by atoms with Crippen LogP contribution in [-0.4, -0.2) is 29.6 Å². The van der Waals surface area contributed by atoms with Gasteiger partial charge in [-0.15, -0.1) is 0 Å². The fraction of sp³-hybridized carbons (Fsp3) is 0.417. The van der Waals surface area contributed by atoms with Crippen LogP contribution in [0.5, 0.6) is 0 Å². The Morgan fingerprint density at radius 1 is 1.44 bits per heavy atom. The minimum absolute atomic E-state index is 0.231. The molecule has 1 heterocycles. The third-order valence-corrected chi connectivity index (χ3v) is 3.68. The lowest BCUT2D eigenvalue weighted by Gasteiger charge is -2.19. The minimum Gasteiger partial charge on any atom is -0.481 e. The molecule has 0 unspecified atom stereocenters. The van der Waals surface area contributed by atoms with Crippen molar-refractivity contribution < 1.29 is 9.90 Å². The van der Waals surface area contributed by atoms with Gasteiger partial charge in [0.25, 0.3) is 0 Å². The molecule has 0 saturated carbocycles. The molecular formula is C12H14BrNO2. The molecular weight excluding hydrogens is 270 g/mol. The number of carbonyl (C=O) groups is 1. The molecule has 3 nitrogen and oxygen atoms in total. The van der Waals surface area contributed by atoms with E-state index in [4.69, 9.17) is 5.11 Å². The summed E-state index contributed by atoms with van der Waals surface area (Å²) in [5, 5.41) is 9.01. The van der Waals surface area contributed by atoms with Crippen LogP contribution in [0.15, 0.2) is 28.7 Å². The Bertz CT molecular complexity index is 391. The molecule has 1 aromatic rings. The zero-order valence-electron chi connectivity index (χ0n) is 9.06. The highest BCUT2D eigenvalue weighted by atomic mass is 79.9. The molecule has 16 heavy (non-hydrogen) atoms. The highest BCUT2D eigenvalue weighted by Crippen LogP contribution is 2.34. The van der Waals surface area contributed by atoms with Crippen LogP contribution in [0, 0.1) is 5.92 Å². The standard InChI is InChI=1S/C12H14BrNO2/c1-14-7-9(12(15)16)6-11(14)8-2-4-10(13)5-3-8/h2-5,9,11H,6-7H2,1H3,(H,15,16)/t9-,11-/m0/s1. The largest absolute Gasteiger partial charge is 0.481 e. The van der Waals surface area contributed by atoms with Crippen molar-refractivity contribution >= 4 is 21.9 Å². The van der Waals surface area contributed by atoms with Gasteiger partial charge in [-0.3, -0.25) is 9.69 Å². The molecule has 0 spiro atoms. The molecule has 1 saturated heterocycles. The molecule has 2 rings (SSSR count). The van der Waals surface area contributed by atoms with Crippen LogP contribution in [0.2, 0.25) is 0 Å². The van der Waals surface area contributed by atoms with Gasteiger partial charge in [-0.2, -0.15) is 0 Å². The molecule has 0 bridgehead atoms. The second kappa shape index (κ2) is 4.55. The smallest absolute Gasteiger partial charge is 0.307 e. The third kappa shape index (κ3) is 2.28. The number of carboxylic acids is 1. The Balaban J connectivity index is 2.16. The molecule has 0 aromatic heterocycles. The van der Waals surface area contributed by atoms with Gasteiger partial charge in [0, 0.05) is 17.1 Å². The Morgan fingerprint density at radius 3 is 2.56 bits per heavy atom. The maximum absolute atomic E-state index is 10.9. The average molecular weight is 284 g/mol. The van der Waals surface area contributed by atoms with Gasteiger partial charge in [-0.05, 0) is 31.2 Å². The van der Waals surface area contributed by atoms with Crippen molar-refractivity contribution in [3.63, 3.8) is 0 Å². The lowest BCUT2D eigenvalue weighted by Crippen LogP contribution is -2.20. The Morgan fingerprint density at radius 2 is 2.06 bits per heavy atom. The molecule has 0 radical (unpaired) electrons. The first-order valence-corrected chi connectivity index (χ1v) is 6.05. The van der Waals surface area contributed by atoms with E-state index in [0.717, 1.165) is 4.47 Å². The van der Waals surface area contributed by atoms with Crippen LogP contribution in [0.25, 0.3) is 0 Å². The summed E-state index contributed by atoms with van der Waals surface area (Å²) in [5.41, 5.74) is 1.19. The van der Waals surface area contributed by atoms with Crippen LogP contribution in [0.3, 0.4) is 0 Å². The first-order chi connectivity index (χ1) is 7.58. The number of rotatable bonds is 2. The number of hydrogen-bond donors (Lipinski definition) is 1. The fourth-order valence-corrected chi connectivity index (χ4v) is 2.52. The molecule has 0 aliphatic carbocycles. The van der Waals surface area contributed by atoms with Gasteiger partial charge in [-0.25, -0.2) is 0 Å². The zero-order chi connectivity index (χ0) is 11.7. The van der Waals surface area contributed by atoms with Gasteiger partial charge in [0.05, 0.1) is 5.92 Å². The zero-order valence-corrected chi connectivity index (χ0v) is 10.6. The monoisotopic (exact) mass is 283 g/mol. The van der Waals surface area contributed by atoms with Crippen molar-refractivity contribution in [2.75, 3.05) is 13.6 Å². The van der Waals surface area contributed by atoms with E-state index in [-0.39, 0.29) is 12.0 Å². The number of aliphatic carboxylic acids is 1. The van der Waals surface area contributed by atoms with Crippen molar-refractivity contribution in [2.45, 2.75) is 12.5 Å². The van der Waals surface area contributed by atoms with E-state index >= 15 is 0 Å². The summed E-state index contributed by atoms with van der Waals surface area (Å²) in [5.74, 6) is -0.926. The highest BCUT2D eigenvalue weighted by molar-refractivity contribution is 9.10. The predicted octanol–water partition coefficient (Wildman–Crippen LogP) is 2.53. The second-order valence-corrected chi connectivity index (χ2v) is 5.19. The van der Waals surface area contributed by atoms with Gasteiger partial charge >= 0.3 is 5.97 Å². The molecule has 0 amide bonds. The number of hydrogen-bond acceptors (Lipinski definition) is 2. The van der Waals surface area contributed by atoms with E-state index < -0.39 is 5.97 Å². The summed E-state index contributed by atoms with van der Waals surface area (Å²) in [4.78, 5) is 13.1. The fourth-order valence-electron chi connectivity index (χ4n) is 2.25.